The van der Waals surface area contributed by atoms with E-state index in [1.807, 2.05) is 5.43 Å². The van der Waals surface area contributed by atoms with Gasteiger partial charge in [0.05, 0.1) is 0 Å². The predicted octanol–water partition coefficient (Wildman–Crippen LogP) is -1.21. The van der Waals surface area contributed by atoms with Gasteiger partial charge in [0.2, 0.25) is 5.82 Å². The number of nitrogens with two attached hydrogens (primary N) is 1. The number of nitrogens with zero attached hydrogens (tertiary/aromatic N) is 6. The van der Waals surface area contributed by atoms with Gasteiger partial charge in [0, 0.05) is 0 Å². The molecular weight excluding hydrogens is 248 g/mol. The van der Waals surface area contributed by atoms with E-state index in [1.54, 1.807) is 14.1 Å². The fraction of sp³-hybridized carbons (Fsp3) is 0.333. The summed E-state index contributed by atoms with van der Waals surface area (Å²) in [6.07, 6.45) is 0. The maximum atomic E-state index is 10.6. The molecule has 0 bridgehead atoms. The summed E-state index contributed by atoms with van der Waals surface area (Å²) in [6.45, 7) is 0. The number of aliphatic imine (C=N–C) groups is 2. The molecule has 0 aromatic heterocycles. The molecule has 0 spiro atoms. The maximum absolute atomic E-state index is 10.6. The van der Waals surface area contributed by atoms with Gasteiger partial charge in [0.1, 0.15) is 21.8 Å². The van der Waals surface area contributed by atoms with Crippen LogP contribution in [0.1, 0.15) is 0 Å². The molecule has 1 aliphatic rings. The molecule has 0 fully saturated rings. The van der Waals surface area contributed by atoms with Crippen molar-refractivity contribution in [3.8, 4) is 0 Å². The van der Waals surface area contributed by atoms with Crippen LogP contribution in [-0.2, 0) is 0 Å². The second-order valence-corrected chi connectivity index (χ2v) is 3.16. The first-order valence-corrected chi connectivity index (χ1v) is 4.43. The van der Waals surface area contributed by atoms with E-state index in [9.17, 15) is 20.2 Å². The van der Waals surface area contributed by atoms with Gasteiger partial charge in [-0.15, -0.1) is 0 Å². The lowest BCUT2D eigenvalue weighted by Gasteiger charge is -2.26. The van der Waals surface area contributed by atoms with E-state index < -0.39 is 21.5 Å². The molecule has 0 aromatic carbocycles. The summed E-state index contributed by atoms with van der Waals surface area (Å²) in [5.74, 6) is 2.81. The van der Waals surface area contributed by atoms with Crippen molar-refractivity contribution in [1.82, 2.24) is 10.3 Å². The standard InChI is InChI=1S/C6H9N8O4/c1-12(2)6-9-3(8-5(10-6)11-7)4(13(15)16)14(17)18/h7H2,1-2H3,(H-,8,9,10,11)/q-1. The van der Waals surface area contributed by atoms with Gasteiger partial charge in [-0.25, -0.2) is 0 Å². The Morgan fingerprint density at radius 3 is 2.28 bits per heavy atom. The zero-order chi connectivity index (χ0) is 13.9. The van der Waals surface area contributed by atoms with Gasteiger partial charge in [-0.2, -0.15) is 0 Å². The molecule has 12 nitrogen and oxygen atoms in total. The highest BCUT2D eigenvalue weighted by Gasteiger charge is 2.31. The SMILES string of the molecule is CN(C)C1=NC(=C([N+](=O)[O-])[N+](=O)[O-])N=C(NN)[N-]1. The molecule has 0 aromatic rings. The topological polar surface area (TPSA) is 166 Å². The molecule has 98 valence electrons. The summed E-state index contributed by atoms with van der Waals surface area (Å²) in [5.41, 5.74) is 2.05. The third kappa shape index (κ3) is 2.67. The lowest BCUT2D eigenvalue weighted by atomic mass is 10.6. The molecule has 0 atom stereocenters. The quantitative estimate of drug-likeness (QED) is 0.355. The van der Waals surface area contributed by atoms with Gasteiger partial charge in [-0.05, 0) is 14.1 Å². The first-order valence-electron chi connectivity index (χ1n) is 4.43. The minimum Gasteiger partial charge on any atom is -0.398 e. The predicted molar refractivity (Wildman–Crippen MR) is 60.3 cm³/mol. The number of hydrogen-bond acceptors (Lipinski definition) is 9. The highest BCUT2D eigenvalue weighted by Crippen LogP contribution is 2.17. The summed E-state index contributed by atoms with van der Waals surface area (Å²) in [7, 11) is 3.11. The zero-order valence-electron chi connectivity index (χ0n) is 9.39. The van der Waals surface area contributed by atoms with Crippen molar-refractivity contribution in [3.05, 3.63) is 37.2 Å². The Morgan fingerprint density at radius 2 is 1.89 bits per heavy atom. The van der Waals surface area contributed by atoms with Gasteiger partial charge in [0.15, 0.2) is 0 Å². The van der Waals surface area contributed by atoms with E-state index in [4.69, 9.17) is 5.84 Å². The zero-order valence-corrected chi connectivity index (χ0v) is 9.39. The van der Waals surface area contributed by atoms with Crippen LogP contribution in [0.15, 0.2) is 21.6 Å². The van der Waals surface area contributed by atoms with Crippen LogP contribution in [0.5, 0.6) is 0 Å². The molecular formula is C6H9N8O4-. The number of nitro groups is 2. The summed E-state index contributed by atoms with van der Waals surface area (Å²) in [4.78, 5) is 27.3. The van der Waals surface area contributed by atoms with E-state index in [0.717, 1.165) is 0 Å². The lowest BCUT2D eigenvalue weighted by molar-refractivity contribution is -0.617. The molecule has 0 aliphatic carbocycles. The average Bonchev–Trinajstić information content (AvgIpc) is 2.27. The molecule has 1 aliphatic heterocycles. The van der Waals surface area contributed by atoms with Gasteiger partial charge in [-0.1, -0.05) is 0 Å². The fourth-order valence-electron chi connectivity index (χ4n) is 0.959. The number of rotatable bonds is 2. The molecule has 1 heterocycles. The molecule has 0 radical (unpaired) electrons. The molecule has 3 N–H and O–H groups in total. The lowest BCUT2D eigenvalue weighted by Crippen LogP contribution is -2.36. The van der Waals surface area contributed by atoms with Gasteiger partial charge >= 0.3 is 5.82 Å². The highest BCUT2D eigenvalue weighted by molar-refractivity contribution is 6.16. The van der Waals surface area contributed by atoms with E-state index in [0.29, 0.717) is 0 Å². The summed E-state index contributed by atoms with van der Waals surface area (Å²) >= 11 is 0. The van der Waals surface area contributed by atoms with Gasteiger partial charge in [0.25, 0.3) is 0 Å². The molecule has 18 heavy (non-hydrogen) atoms. The summed E-state index contributed by atoms with van der Waals surface area (Å²) in [5, 5.41) is 24.9. The fourth-order valence-corrected chi connectivity index (χ4v) is 0.959. The Morgan fingerprint density at radius 1 is 1.33 bits per heavy atom. The second kappa shape index (κ2) is 5.05. The maximum Gasteiger partial charge on any atom is 0.584 e. The molecule has 12 heteroatoms. The van der Waals surface area contributed by atoms with Gasteiger partial charge in [-0.3, -0.25) is 41.4 Å². The van der Waals surface area contributed by atoms with E-state index in [2.05, 4.69) is 15.3 Å². The van der Waals surface area contributed by atoms with Crippen molar-refractivity contribution in [3.63, 3.8) is 0 Å². The van der Waals surface area contributed by atoms with Crippen molar-refractivity contribution in [2.24, 2.45) is 15.8 Å². The van der Waals surface area contributed by atoms with Crippen LogP contribution < -0.4 is 11.3 Å². The Kier molecular flexibility index (Phi) is 3.73. The Labute approximate surface area is 100 Å². The molecule has 0 unspecified atom stereocenters. The van der Waals surface area contributed by atoms with Crippen molar-refractivity contribution in [1.29, 1.82) is 0 Å². The van der Waals surface area contributed by atoms with Crippen molar-refractivity contribution in [2.45, 2.75) is 0 Å². The van der Waals surface area contributed by atoms with Crippen LogP contribution >= 0.6 is 0 Å². The van der Waals surface area contributed by atoms with Crippen molar-refractivity contribution < 1.29 is 9.85 Å². The number of nitrogens with one attached hydrogen (secondary N) is 1. The molecule has 1 rings (SSSR count). The van der Waals surface area contributed by atoms with E-state index in [1.165, 1.54) is 4.90 Å². The molecule has 0 saturated carbocycles. The van der Waals surface area contributed by atoms with Crippen LogP contribution in [0.3, 0.4) is 0 Å². The minimum atomic E-state index is -1.35. The first kappa shape index (κ1) is 13.3. The number of hydrazine groups is 1. The van der Waals surface area contributed by atoms with Crippen LogP contribution in [0, 0.1) is 20.2 Å². The largest absolute Gasteiger partial charge is 0.584 e. The van der Waals surface area contributed by atoms with Crippen LogP contribution in [-0.4, -0.2) is 40.8 Å². The normalized spacial score (nSPS) is 14.1. The van der Waals surface area contributed by atoms with E-state index >= 15 is 0 Å². The Balaban J connectivity index is 3.37. The smallest absolute Gasteiger partial charge is 0.398 e. The summed E-state index contributed by atoms with van der Waals surface area (Å²) < 4.78 is 0. The third-order valence-corrected chi connectivity index (χ3v) is 1.70. The van der Waals surface area contributed by atoms with Crippen LogP contribution in [0.4, 0.5) is 0 Å². The monoisotopic (exact) mass is 257 g/mol. The first-order chi connectivity index (χ1) is 8.36. The average molecular weight is 257 g/mol. The van der Waals surface area contributed by atoms with Gasteiger partial charge < -0.3 is 10.3 Å². The van der Waals surface area contributed by atoms with Crippen LogP contribution in [0.2, 0.25) is 0 Å². The van der Waals surface area contributed by atoms with Crippen molar-refractivity contribution in [2.75, 3.05) is 14.1 Å². The number of hydrogen-bond donors (Lipinski definition) is 2. The highest BCUT2D eigenvalue weighted by atomic mass is 16.7. The molecule has 0 saturated heterocycles. The molecule has 0 amide bonds. The third-order valence-electron chi connectivity index (χ3n) is 1.70. The minimum absolute atomic E-state index is 0.00542. The van der Waals surface area contributed by atoms with Crippen molar-refractivity contribution >= 4 is 11.9 Å². The summed E-state index contributed by atoms with van der Waals surface area (Å²) in [6, 6.07) is 0. The van der Waals surface area contributed by atoms with E-state index in [-0.39, 0.29) is 11.9 Å². The Bertz CT molecular complexity index is 462. The number of guanidine groups is 2. The van der Waals surface area contributed by atoms with Crippen LogP contribution in [0.25, 0.3) is 5.32 Å². The Hall–Kier alpha value is -2.76. The second-order valence-electron chi connectivity index (χ2n) is 3.16.